The van der Waals surface area contributed by atoms with E-state index in [-0.39, 0.29) is 63.7 Å². The van der Waals surface area contributed by atoms with E-state index in [1.165, 1.54) is 52.3 Å². The molecule has 128 heavy (non-hydrogen) atoms. The van der Waals surface area contributed by atoms with Crippen molar-refractivity contribution in [2.75, 3.05) is 65.5 Å². The summed E-state index contributed by atoms with van der Waals surface area (Å²) in [5.41, 5.74) is 19.4. The quantitative estimate of drug-likeness (QED) is 0.0302. The smallest absolute Gasteiger partial charge is 0.246 e. The summed E-state index contributed by atoms with van der Waals surface area (Å²) in [6, 6.07) is -1.12. The summed E-state index contributed by atoms with van der Waals surface area (Å²) < 4.78 is 0. The average molecular weight is 1800 g/mol. The van der Waals surface area contributed by atoms with Crippen molar-refractivity contribution in [2.24, 2.45) is 23.1 Å². The molecule has 5 heterocycles. The second kappa shape index (κ2) is 47.8. The number of phenols is 1. The average Bonchev–Trinajstić information content (AvgIpc) is 1.60. The molecular weight excluding hydrogens is 1680 g/mol. The molecule has 3 saturated heterocycles. The number of likely N-dealkylation sites (N-methyl/N-ethyl adjacent to an activating group) is 3. The standard InChI is InChI=1S/C86H119N19O22S/c1-8-11-22-65-80(121)98-63(43-107)79(120)100-64(76(117)92-40-72(89)113)44-128-45-73(114)93-59(32-47-25-27-51(108)28-26-47)82(123)101(5)46(4)74(115)96-61(37-71(88)112)85(126)104-31-17-24-66(104)81(122)99-62(42-106)78(119)95-58(29-30-70(87)111)84(125)105-41-52(109)36-68(105)69(110)35-48(33-49-38-90-56-20-15-13-18-53(49)56)75(116)94-55(10-3)77(118)97-60(34-50-39-91-57-21-16-14-19-54(50)57)83(124)103(7)67(23-12-9-2)86(127)102(65)6/h13-16,18-21,25-28,38-39,46,48,52,55,58-68,90-91,106-109H,8-12,17,22-24,29-37,40-45H2,1-7H3,(H2,87,111)(H2,88,112)(H2,89,113)(H,92,117)(H,93,114)(H,94,116)(H,95,119)(H,96,115)(H,97,118)(H,98,121)(H,99,122)(H,100,120)/t46-,48+,52+,55-,58-,59-,60-,61-,62-,63-,64-,65-,66-,67-,68-/m0/s1. The topological polar surface area (TPSA) is 622 Å². The Morgan fingerprint density at radius 1 is 0.523 bits per heavy atom. The van der Waals surface area contributed by atoms with Crippen LogP contribution in [-0.2, 0) is 106 Å². The van der Waals surface area contributed by atoms with Crippen LogP contribution in [0, 0.1) is 5.92 Å². The number of H-pyrrole nitrogens is 2. The van der Waals surface area contributed by atoms with E-state index in [9.17, 15) is 78.0 Å². The van der Waals surface area contributed by atoms with Gasteiger partial charge in [0.25, 0.3) is 0 Å². The van der Waals surface area contributed by atoms with Gasteiger partial charge in [-0.05, 0) is 92.8 Å². The summed E-state index contributed by atoms with van der Waals surface area (Å²) >= 11 is 0.721. The molecule has 2 aromatic heterocycles. The normalized spacial score (nSPS) is 25.5. The molecule has 15 atom stereocenters. The summed E-state index contributed by atoms with van der Waals surface area (Å²) in [4.78, 5) is 270. The Bertz CT molecular complexity index is 4850. The molecule has 3 fully saturated rings. The first-order valence-corrected chi connectivity index (χ1v) is 43.9. The van der Waals surface area contributed by atoms with Crippen LogP contribution in [0.15, 0.2) is 85.2 Å². The van der Waals surface area contributed by atoms with Gasteiger partial charge < -0.3 is 120 Å². The maximum Gasteiger partial charge on any atom is 0.246 e. The number of nitrogens with one attached hydrogen (secondary N) is 11. The molecule has 3 aliphatic rings. The Labute approximate surface area is 743 Å². The van der Waals surface area contributed by atoms with Crippen LogP contribution >= 0.6 is 11.8 Å². The third-order valence-electron chi connectivity index (χ3n) is 23.2. The number of aliphatic hydroxyl groups excluding tert-OH is 3. The van der Waals surface area contributed by atoms with Gasteiger partial charge in [0.15, 0.2) is 5.78 Å². The van der Waals surface area contributed by atoms with Gasteiger partial charge >= 0.3 is 0 Å². The van der Waals surface area contributed by atoms with Crippen LogP contribution in [0.25, 0.3) is 21.8 Å². The molecular formula is C86H119N19O22S. The van der Waals surface area contributed by atoms with E-state index in [1.807, 2.05) is 13.8 Å². The number of nitrogens with two attached hydrogens (primary N) is 3. The molecule has 0 radical (unpaired) electrons. The zero-order valence-corrected chi connectivity index (χ0v) is 73.5. The fourth-order valence-corrected chi connectivity index (χ4v) is 16.7. The van der Waals surface area contributed by atoms with Gasteiger partial charge in [0.05, 0.1) is 44.1 Å². The number of carbonyl (C=O) groups is 18. The highest BCUT2D eigenvalue weighted by Gasteiger charge is 2.46. The fourth-order valence-electron chi connectivity index (χ4n) is 15.8. The Balaban J connectivity index is 1.17. The lowest BCUT2D eigenvalue weighted by molar-refractivity contribution is -0.149. The number of primary amides is 3. The molecule has 3 aromatic carbocycles. The van der Waals surface area contributed by atoms with Crippen molar-refractivity contribution in [1.82, 2.24) is 82.3 Å². The summed E-state index contributed by atoms with van der Waals surface area (Å²) in [6.45, 7) is 2.78. The van der Waals surface area contributed by atoms with E-state index in [2.05, 4.69) is 57.8 Å². The van der Waals surface area contributed by atoms with E-state index >= 15 is 28.8 Å². The summed E-state index contributed by atoms with van der Waals surface area (Å²) in [6.07, 6.45) is -0.268. The first-order valence-electron chi connectivity index (χ1n) is 42.8. The zero-order valence-electron chi connectivity index (χ0n) is 72.7. The van der Waals surface area contributed by atoms with Crippen molar-refractivity contribution in [3.63, 3.8) is 0 Å². The van der Waals surface area contributed by atoms with Crippen molar-refractivity contribution in [1.29, 1.82) is 0 Å². The number of Topliss-reactive ketones (excluding diaryl/α,β-unsaturated/α-hetero) is 1. The number of phenolic OH excluding ortho intramolecular Hbond substituents is 1. The minimum atomic E-state index is -1.92. The number of carbonyl (C=O) groups excluding carboxylic acids is 18. The molecule has 17 amide bonds. The lowest BCUT2D eigenvalue weighted by Gasteiger charge is -2.36. The molecule has 3 aliphatic heterocycles. The molecule has 8 rings (SSSR count). The summed E-state index contributed by atoms with van der Waals surface area (Å²) in [5, 5.41) is 67.2. The highest BCUT2D eigenvalue weighted by molar-refractivity contribution is 8.00. The van der Waals surface area contributed by atoms with Crippen LogP contribution in [0.1, 0.15) is 134 Å². The van der Waals surface area contributed by atoms with E-state index in [0.717, 1.165) is 36.3 Å². The number of hydrogen-bond donors (Lipinski definition) is 18. The number of benzene rings is 3. The molecule has 42 heteroatoms. The summed E-state index contributed by atoms with van der Waals surface area (Å²) in [5.74, 6) is -20.0. The van der Waals surface area contributed by atoms with Gasteiger partial charge in [-0.15, -0.1) is 11.8 Å². The van der Waals surface area contributed by atoms with E-state index < -0.39 is 267 Å². The molecule has 5 aromatic rings. The van der Waals surface area contributed by atoms with Crippen LogP contribution in [0.2, 0.25) is 0 Å². The Morgan fingerprint density at radius 3 is 1.65 bits per heavy atom. The molecule has 0 aliphatic carbocycles. The number of thioether (sulfide) groups is 1. The molecule has 0 bridgehead atoms. The summed E-state index contributed by atoms with van der Waals surface area (Å²) in [7, 11) is 3.86. The monoisotopic (exact) mass is 1800 g/mol. The van der Waals surface area contributed by atoms with Crippen molar-refractivity contribution in [2.45, 2.75) is 221 Å². The van der Waals surface area contributed by atoms with Crippen LogP contribution < -0.4 is 65.1 Å². The van der Waals surface area contributed by atoms with Gasteiger partial charge in [-0.25, -0.2) is 0 Å². The third kappa shape index (κ3) is 27.2. The zero-order chi connectivity index (χ0) is 93.9. The number of aromatic amines is 2. The van der Waals surface area contributed by atoms with Crippen LogP contribution in [0.4, 0.5) is 0 Å². The number of para-hydroxylation sites is 2. The number of aliphatic hydroxyl groups is 3. The van der Waals surface area contributed by atoms with Gasteiger partial charge in [0, 0.05) is 112 Å². The van der Waals surface area contributed by atoms with Crippen molar-refractivity contribution < 1.29 is 107 Å². The van der Waals surface area contributed by atoms with E-state index in [4.69, 9.17) is 17.2 Å². The Morgan fingerprint density at radius 2 is 1.05 bits per heavy atom. The van der Waals surface area contributed by atoms with Crippen LogP contribution in [0.5, 0.6) is 5.75 Å². The largest absolute Gasteiger partial charge is 0.508 e. The SMILES string of the molecule is CCCC[C@H]1C(=O)N(C)[C@@H](CCCC)C(=O)N[C@@H](CO)C(=O)N[C@H](C(=O)NCC(N)=O)CSCC(=O)N[C@@H](Cc2ccc(O)cc2)C(=O)N(C)[C@@H](C)C(=O)N[C@@H](CC(N)=O)C(=O)N2CCC[C@H]2C(=O)N[C@@H](CO)C(=O)N[C@@H](CCC(N)=O)C(=O)N2C[C@H](O)C[C@H]2C(=O)C[C@@H](Cc2c[nH]c3ccccc23)C(=O)N[C@@H](CC)C(=O)N[C@@H](Cc2c[nH]c3ccccc23)C(=O)N1C. The number of ketones is 1. The Kier molecular flexibility index (Phi) is 37.7. The number of nitrogens with zero attached hydrogens (tertiary/aromatic N) is 5. The number of amides is 17. The lowest BCUT2D eigenvalue weighted by Crippen LogP contribution is -2.61. The lowest BCUT2D eigenvalue weighted by atomic mass is 9.90. The number of rotatable bonds is 23. The van der Waals surface area contributed by atoms with Gasteiger partial charge in [0.2, 0.25) is 100 Å². The van der Waals surface area contributed by atoms with E-state index in [1.54, 1.807) is 67.8 Å². The molecule has 696 valence electrons. The molecule has 41 nitrogen and oxygen atoms in total. The second-order valence-corrected chi connectivity index (χ2v) is 33.5. The van der Waals surface area contributed by atoms with Gasteiger partial charge in [0.1, 0.15) is 78.3 Å². The number of aromatic nitrogens is 2. The minimum absolute atomic E-state index is 0.00817. The van der Waals surface area contributed by atoms with Gasteiger partial charge in [-0.2, -0.15) is 0 Å². The maximum atomic E-state index is 15.6. The third-order valence-corrected chi connectivity index (χ3v) is 24.3. The van der Waals surface area contributed by atoms with Crippen molar-refractivity contribution in [3.05, 3.63) is 102 Å². The predicted molar refractivity (Wildman–Crippen MR) is 466 cm³/mol. The van der Waals surface area contributed by atoms with Gasteiger partial charge in [-0.1, -0.05) is 95.0 Å². The number of unbranched alkanes of at least 4 members (excludes halogenated alkanes) is 2. The highest BCUT2D eigenvalue weighted by atomic mass is 32.2. The maximum absolute atomic E-state index is 15.6. The van der Waals surface area contributed by atoms with Crippen molar-refractivity contribution >= 4 is 140 Å². The molecule has 0 saturated carbocycles. The molecule has 21 N–H and O–H groups in total. The molecule has 0 unspecified atom stereocenters. The van der Waals surface area contributed by atoms with Crippen LogP contribution in [-0.4, -0.2) is 311 Å². The Hall–Kier alpha value is -12.6. The highest BCUT2D eigenvalue weighted by Crippen LogP contribution is 2.30. The number of aromatic hydroxyl groups is 1. The molecule has 0 spiro atoms. The first kappa shape index (κ1) is 101. The first-order chi connectivity index (χ1) is 60.9. The fraction of sp³-hybridized carbons (Fsp3) is 0.535. The van der Waals surface area contributed by atoms with E-state index in [0.29, 0.717) is 64.2 Å². The number of hydrogen-bond acceptors (Lipinski definition) is 23. The van der Waals surface area contributed by atoms with Crippen LogP contribution in [0.3, 0.4) is 0 Å². The number of fused-ring (bicyclic) bond motifs is 4. The van der Waals surface area contributed by atoms with Crippen molar-refractivity contribution in [3.8, 4) is 5.75 Å². The van der Waals surface area contributed by atoms with Gasteiger partial charge in [-0.3, -0.25) is 86.3 Å². The minimum Gasteiger partial charge on any atom is -0.508 e. The second-order valence-electron chi connectivity index (χ2n) is 32.5. The predicted octanol–water partition coefficient (Wildman–Crippen LogP) is -3.45.